The van der Waals surface area contributed by atoms with E-state index in [2.05, 4.69) is 26.4 Å². The van der Waals surface area contributed by atoms with E-state index in [-0.39, 0.29) is 11.9 Å². The van der Waals surface area contributed by atoms with Crippen molar-refractivity contribution in [2.75, 3.05) is 0 Å². The lowest BCUT2D eigenvalue weighted by atomic mass is 10.1. The van der Waals surface area contributed by atoms with Crippen LogP contribution in [0.15, 0.2) is 24.3 Å². The first kappa shape index (κ1) is 8.93. The third kappa shape index (κ3) is 2.41. The molecule has 0 aromatic heterocycles. The van der Waals surface area contributed by atoms with E-state index in [1.807, 2.05) is 13.0 Å². The first-order valence-corrected chi connectivity index (χ1v) is 4.43. The highest BCUT2D eigenvalue weighted by Gasteiger charge is 2.02. The highest BCUT2D eigenvalue weighted by Crippen LogP contribution is 2.13. The SMILES string of the molecule is C[C@H](NI)c1cccc(F)c1. The molecule has 0 amide bonds. The van der Waals surface area contributed by atoms with Crippen molar-refractivity contribution >= 4 is 22.9 Å². The molecule has 60 valence electrons. The number of halogens is 2. The lowest BCUT2D eigenvalue weighted by molar-refractivity contribution is 0.621. The van der Waals surface area contributed by atoms with Crippen LogP contribution in [0.1, 0.15) is 18.5 Å². The van der Waals surface area contributed by atoms with Crippen LogP contribution in [0.4, 0.5) is 4.39 Å². The van der Waals surface area contributed by atoms with Crippen molar-refractivity contribution in [1.29, 1.82) is 0 Å². The topological polar surface area (TPSA) is 12.0 Å². The molecule has 0 bridgehead atoms. The zero-order chi connectivity index (χ0) is 8.27. The van der Waals surface area contributed by atoms with Crippen LogP contribution in [0.5, 0.6) is 0 Å². The van der Waals surface area contributed by atoms with Gasteiger partial charge in [-0.2, -0.15) is 0 Å². The Morgan fingerprint density at radius 1 is 1.55 bits per heavy atom. The molecule has 0 aliphatic carbocycles. The zero-order valence-corrected chi connectivity index (χ0v) is 8.30. The minimum Gasteiger partial charge on any atom is -0.254 e. The van der Waals surface area contributed by atoms with Crippen molar-refractivity contribution < 1.29 is 4.39 Å². The molecule has 0 radical (unpaired) electrons. The molecule has 1 aromatic carbocycles. The van der Waals surface area contributed by atoms with Gasteiger partial charge in [0.25, 0.3) is 0 Å². The summed E-state index contributed by atoms with van der Waals surface area (Å²) in [6.45, 7) is 1.99. The summed E-state index contributed by atoms with van der Waals surface area (Å²) in [4.78, 5) is 0. The first-order valence-electron chi connectivity index (χ1n) is 3.35. The molecule has 0 aliphatic rings. The summed E-state index contributed by atoms with van der Waals surface area (Å²) in [6, 6.07) is 6.81. The van der Waals surface area contributed by atoms with E-state index < -0.39 is 0 Å². The minimum absolute atomic E-state index is 0.180. The van der Waals surface area contributed by atoms with E-state index in [1.165, 1.54) is 12.1 Å². The molecule has 0 unspecified atom stereocenters. The van der Waals surface area contributed by atoms with Gasteiger partial charge in [-0.05, 0) is 24.6 Å². The summed E-state index contributed by atoms with van der Waals surface area (Å²) in [6.07, 6.45) is 0. The predicted octanol–water partition coefficient (Wildman–Crippen LogP) is 2.83. The van der Waals surface area contributed by atoms with Gasteiger partial charge in [-0.25, -0.2) is 4.39 Å². The van der Waals surface area contributed by atoms with E-state index in [1.54, 1.807) is 6.07 Å². The van der Waals surface area contributed by atoms with E-state index in [4.69, 9.17) is 0 Å². The molecule has 11 heavy (non-hydrogen) atoms. The summed E-state index contributed by atoms with van der Waals surface area (Å²) in [5.74, 6) is -0.180. The number of hydrogen-bond donors (Lipinski definition) is 1. The van der Waals surface area contributed by atoms with E-state index in [9.17, 15) is 4.39 Å². The lowest BCUT2D eigenvalue weighted by Crippen LogP contribution is -2.05. The quantitative estimate of drug-likeness (QED) is 0.640. The Balaban J connectivity index is 2.86. The highest BCUT2D eigenvalue weighted by atomic mass is 127. The molecule has 1 N–H and O–H groups in total. The molecule has 1 aromatic rings. The summed E-state index contributed by atoms with van der Waals surface area (Å²) < 4.78 is 15.6. The van der Waals surface area contributed by atoms with Gasteiger partial charge in [0.15, 0.2) is 0 Å². The summed E-state index contributed by atoms with van der Waals surface area (Å²) in [5.41, 5.74) is 0.972. The molecule has 0 spiro atoms. The van der Waals surface area contributed by atoms with Crippen molar-refractivity contribution in [3.05, 3.63) is 35.6 Å². The van der Waals surface area contributed by atoms with Crippen LogP contribution in [0.25, 0.3) is 0 Å². The average Bonchev–Trinajstić information content (AvgIpc) is 2.03. The molecule has 0 heterocycles. The second-order valence-electron chi connectivity index (χ2n) is 2.39. The van der Waals surface area contributed by atoms with Crippen LogP contribution >= 0.6 is 22.9 Å². The van der Waals surface area contributed by atoms with Crippen LogP contribution in [0, 0.1) is 5.82 Å². The van der Waals surface area contributed by atoms with Crippen LogP contribution in [0.2, 0.25) is 0 Å². The molecule has 0 saturated heterocycles. The van der Waals surface area contributed by atoms with E-state index in [0.717, 1.165) is 5.56 Å². The smallest absolute Gasteiger partial charge is 0.123 e. The van der Waals surface area contributed by atoms with E-state index >= 15 is 0 Å². The number of nitrogens with one attached hydrogen (secondary N) is 1. The molecule has 1 rings (SSSR count). The van der Waals surface area contributed by atoms with Crippen LogP contribution in [0.3, 0.4) is 0 Å². The van der Waals surface area contributed by atoms with Gasteiger partial charge in [0.1, 0.15) is 5.82 Å². The molecular weight excluding hydrogens is 256 g/mol. The fourth-order valence-corrected chi connectivity index (χ4v) is 1.20. The fourth-order valence-electron chi connectivity index (χ4n) is 0.839. The van der Waals surface area contributed by atoms with Gasteiger partial charge in [-0.3, -0.25) is 3.53 Å². The number of rotatable bonds is 2. The van der Waals surface area contributed by atoms with Crippen LogP contribution in [-0.2, 0) is 0 Å². The lowest BCUT2D eigenvalue weighted by Gasteiger charge is -2.07. The second-order valence-corrected chi connectivity index (χ2v) is 3.01. The summed E-state index contributed by atoms with van der Waals surface area (Å²) in [5, 5.41) is 0. The second kappa shape index (κ2) is 4.01. The molecule has 0 saturated carbocycles. The van der Waals surface area contributed by atoms with Crippen molar-refractivity contribution in [3.63, 3.8) is 0 Å². The highest BCUT2D eigenvalue weighted by molar-refractivity contribution is 14.1. The Hall–Kier alpha value is -0.160. The Kier molecular flexibility index (Phi) is 3.26. The first-order chi connectivity index (χ1) is 5.24. The predicted molar refractivity (Wildman–Crippen MR) is 52.0 cm³/mol. The van der Waals surface area contributed by atoms with Crippen LogP contribution in [-0.4, -0.2) is 0 Å². The van der Waals surface area contributed by atoms with Gasteiger partial charge in [-0.1, -0.05) is 12.1 Å². The maximum absolute atomic E-state index is 12.6. The Labute approximate surface area is 79.5 Å². The van der Waals surface area contributed by atoms with Gasteiger partial charge < -0.3 is 0 Å². The maximum atomic E-state index is 12.6. The Bertz CT molecular complexity index is 239. The average molecular weight is 265 g/mol. The van der Waals surface area contributed by atoms with Crippen molar-refractivity contribution in [3.8, 4) is 0 Å². The fraction of sp³-hybridized carbons (Fsp3) is 0.250. The maximum Gasteiger partial charge on any atom is 0.123 e. The molecule has 1 nitrogen and oxygen atoms in total. The third-order valence-electron chi connectivity index (χ3n) is 1.51. The number of hydrogen-bond acceptors (Lipinski definition) is 1. The van der Waals surface area contributed by atoms with Gasteiger partial charge in [0.05, 0.1) is 0 Å². The Morgan fingerprint density at radius 3 is 2.82 bits per heavy atom. The van der Waals surface area contributed by atoms with Crippen molar-refractivity contribution in [1.82, 2.24) is 3.53 Å². The summed E-state index contributed by atoms with van der Waals surface area (Å²) >= 11 is 2.06. The molecular formula is C8H9FIN. The standard InChI is InChI=1S/C8H9FIN/c1-6(11-10)7-3-2-4-8(9)5-7/h2-6,11H,1H3/t6-/m0/s1. The van der Waals surface area contributed by atoms with Gasteiger partial charge in [0, 0.05) is 28.9 Å². The molecule has 0 aliphatic heterocycles. The molecule has 0 fully saturated rings. The summed E-state index contributed by atoms with van der Waals surface area (Å²) in [7, 11) is 0. The van der Waals surface area contributed by atoms with E-state index in [0.29, 0.717) is 0 Å². The molecule has 3 heteroatoms. The third-order valence-corrected chi connectivity index (χ3v) is 2.45. The Morgan fingerprint density at radius 2 is 2.27 bits per heavy atom. The van der Waals surface area contributed by atoms with Crippen molar-refractivity contribution in [2.45, 2.75) is 13.0 Å². The number of benzene rings is 1. The molecule has 1 atom stereocenters. The van der Waals surface area contributed by atoms with Crippen LogP contribution < -0.4 is 3.53 Å². The zero-order valence-electron chi connectivity index (χ0n) is 6.14. The normalized spacial score (nSPS) is 13.0. The van der Waals surface area contributed by atoms with Gasteiger partial charge >= 0.3 is 0 Å². The van der Waals surface area contributed by atoms with Gasteiger partial charge in [-0.15, -0.1) is 0 Å². The van der Waals surface area contributed by atoms with Crippen molar-refractivity contribution in [2.24, 2.45) is 0 Å². The largest absolute Gasteiger partial charge is 0.254 e. The monoisotopic (exact) mass is 265 g/mol. The van der Waals surface area contributed by atoms with Gasteiger partial charge in [0.2, 0.25) is 0 Å². The minimum atomic E-state index is -0.180.